The lowest BCUT2D eigenvalue weighted by molar-refractivity contribution is -0.119. The third-order valence-electron chi connectivity index (χ3n) is 5.87. The monoisotopic (exact) mass is 414 g/mol. The summed E-state index contributed by atoms with van der Waals surface area (Å²) in [7, 11) is 0. The van der Waals surface area contributed by atoms with E-state index in [-0.39, 0.29) is 17.7 Å². The molecule has 0 spiro atoms. The highest BCUT2D eigenvalue weighted by Gasteiger charge is 2.26. The van der Waals surface area contributed by atoms with E-state index in [4.69, 9.17) is 23.1 Å². The van der Waals surface area contributed by atoms with Gasteiger partial charge in [-0.05, 0) is 74.8 Å². The quantitative estimate of drug-likeness (QED) is 0.308. The summed E-state index contributed by atoms with van der Waals surface area (Å²) < 4.78 is 0. The molecule has 0 heterocycles. The molecule has 0 aliphatic heterocycles. The Bertz CT molecular complexity index is 725. The maximum absolute atomic E-state index is 12.9. The Morgan fingerprint density at radius 2 is 1.93 bits per heavy atom. The SMILES string of the molecule is C=C(/C=C\CC/C=C\N)C(=O)C1CCCCC(C(N)Cc2cccc(Cl)c2)CC1. The number of hydrogen-bond acceptors (Lipinski definition) is 3. The van der Waals surface area contributed by atoms with Crippen molar-refractivity contribution in [3.63, 3.8) is 0 Å². The van der Waals surface area contributed by atoms with Crippen LogP contribution in [-0.2, 0) is 11.2 Å². The molecule has 0 amide bonds. The number of carbonyl (C=O) groups excluding carboxylic acids is 1. The molecule has 158 valence electrons. The van der Waals surface area contributed by atoms with Crippen molar-refractivity contribution in [1.82, 2.24) is 0 Å². The normalized spacial score (nSPS) is 21.7. The third kappa shape index (κ3) is 8.20. The van der Waals surface area contributed by atoms with Gasteiger partial charge in [0, 0.05) is 22.6 Å². The molecule has 1 aliphatic rings. The van der Waals surface area contributed by atoms with Gasteiger partial charge in [-0.15, -0.1) is 0 Å². The minimum Gasteiger partial charge on any atom is -0.405 e. The molecule has 1 aliphatic carbocycles. The molecule has 0 saturated heterocycles. The minimum atomic E-state index is 0.0669. The largest absolute Gasteiger partial charge is 0.405 e. The number of allylic oxidation sites excluding steroid dienone is 4. The molecule has 2 rings (SSSR count). The van der Waals surface area contributed by atoms with Gasteiger partial charge in [0.15, 0.2) is 5.78 Å². The first-order chi connectivity index (χ1) is 14.0. The summed E-state index contributed by atoms with van der Waals surface area (Å²) in [5, 5.41) is 0.753. The molecule has 4 heteroatoms. The Balaban J connectivity index is 1.88. The summed E-state index contributed by atoms with van der Waals surface area (Å²) in [5.74, 6) is 0.702. The zero-order chi connectivity index (χ0) is 21.1. The highest BCUT2D eigenvalue weighted by Crippen LogP contribution is 2.30. The number of hydrogen-bond donors (Lipinski definition) is 2. The van der Waals surface area contributed by atoms with Crippen LogP contribution in [0.15, 0.2) is 60.8 Å². The highest BCUT2D eigenvalue weighted by atomic mass is 35.5. The average Bonchev–Trinajstić information content (AvgIpc) is 2.67. The Kier molecular flexibility index (Phi) is 10.2. The molecular weight excluding hydrogens is 380 g/mol. The fraction of sp³-hybridized carbons (Fsp3) is 0.480. The van der Waals surface area contributed by atoms with Crippen LogP contribution in [0.3, 0.4) is 0 Å². The van der Waals surface area contributed by atoms with Crippen molar-refractivity contribution < 1.29 is 4.79 Å². The lowest BCUT2D eigenvalue weighted by atomic mass is 9.78. The van der Waals surface area contributed by atoms with Crippen LogP contribution >= 0.6 is 11.6 Å². The summed E-state index contributed by atoms with van der Waals surface area (Å²) in [6.07, 6.45) is 16.1. The summed E-state index contributed by atoms with van der Waals surface area (Å²) in [4.78, 5) is 12.9. The smallest absolute Gasteiger partial charge is 0.165 e. The molecule has 1 saturated carbocycles. The van der Waals surface area contributed by atoms with Crippen LogP contribution in [0.4, 0.5) is 0 Å². The molecule has 0 bridgehead atoms. The van der Waals surface area contributed by atoms with Gasteiger partial charge >= 0.3 is 0 Å². The van der Waals surface area contributed by atoms with E-state index in [0.717, 1.165) is 62.8 Å². The fourth-order valence-corrected chi connectivity index (χ4v) is 4.37. The van der Waals surface area contributed by atoms with Crippen LogP contribution in [-0.4, -0.2) is 11.8 Å². The number of nitrogens with two attached hydrogens (primary N) is 2. The van der Waals surface area contributed by atoms with Crippen LogP contribution < -0.4 is 11.5 Å². The fourth-order valence-electron chi connectivity index (χ4n) is 4.15. The van der Waals surface area contributed by atoms with E-state index in [2.05, 4.69) is 12.6 Å². The summed E-state index contributed by atoms with van der Waals surface area (Å²) in [6.45, 7) is 4.00. The van der Waals surface area contributed by atoms with Gasteiger partial charge < -0.3 is 11.5 Å². The van der Waals surface area contributed by atoms with E-state index in [9.17, 15) is 4.79 Å². The van der Waals surface area contributed by atoms with Crippen molar-refractivity contribution in [3.8, 4) is 0 Å². The molecular formula is C25H35ClN2O. The van der Waals surface area contributed by atoms with Crippen LogP contribution in [0.5, 0.6) is 0 Å². The maximum Gasteiger partial charge on any atom is 0.165 e. The average molecular weight is 415 g/mol. The molecule has 29 heavy (non-hydrogen) atoms. The second kappa shape index (κ2) is 12.7. The molecule has 3 atom stereocenters. The first kappa shape index (κ1) is 23.4. The minimum absolute atomic E-state index is 0.0669. The van der Waals surface area contributed by atoms with Gasteiger partial charge in [0.25, 0.3) is 0 Å². The van der Waals surface area contributed by atoms with Gasteiger partial charge in [0.2, 0.25) is 0 Å². The van der Waals surface area contributed by atoms with Gasteiger partial charge in [-0.1, -0.05) is 61.4 Å². The lowest BCUT2D eigenvalue weighted by Gasteiger charge is -2.28. The van der Waals surface area contributed by atoms with Crippen LogP contribution in [0.1, 0.15) is 56.9 Å². The van der Waals surface area contributed by atoms with Gasteiger partial charge in [0.1, 0.15) is 0 Å². The zero-order valence-electron chi connectivity index (χ0n) is 17.4. The first-order valence-electron chi connectivity index (χ1n) is 10.8. The third-order valence-corrected chi connectivity index (χ3v) is 6.11. The second-order valence-electron chi connectivity index (χ2n) is 8.11. The number of unbranched alkanes of at least 4 members (excludes halogenated alkanes) is 1. The van der Waals surface area contributed by atoms with Gasteiger partial charge in [-0.2, -0.15) is 0 Å². The summed E-state index contributed by atoms with van der Waals surface area (Å²) in [6, 6.07) is 8.04. The number of benzene rings is 1. The second-order valence-corrected chi connectivity index (χ2v) is 8.55. The number of carbonyl (C=O) groups is 1. The molecule has 1 fully saturated rings. The zero-order valence-corrected chi connectivity index (χ0v) is 18.1. The maximum atomic E-state index is 12.9. The molecule has 4 N–H and O–H groups in total. The molecule has 3 nitrogen and oxygen atoms in total. The van der Waals surface area contributed by atoms with Crippen LogP contribution in [0.25, 0.3) is 0 Å². The molecule has 0 aromatic heterocycles. The van der Waals surface area contributed by atoms with Gasteiger partial charge in [-0.3, -0.25) is 4.79 Å². The van der Waals surface area contributed by atoms with E-state index < -0.39 is 0 Å². The standard InChI is InChI=1S/C25H35ClN2O/c1-19(9-4-2-3-7-16-27)25(29)22-12-6-5-11-21(14-15-22)24(28)18-20-10-8-13-23(26)17-20/h4,7-10,13,16-17,21-22,24H,1-3,5-6,11-12,14-15,18,27-28H2/b9-4-,16-7-. The first-order valence-corrected chi connectivity index (χ1v) is 11.2. The summed E-state index contributed by atoms with van der Waals surface area (Å²) >= 11 is 6.11. The molecule has 1 aromatic rings. The van der Waals surface area contributed by atoms with Crippen LogP contribution in [0, 0.1) is 11.8 Å². The topological polar surface area (TPSA) is 69.1 Å². The molecule has 1 aromatic carbocycles. The van der Waals surface area contributed by atoms with Crippen molar-refractivity contribution >= 4 is 17.4 Å². The highest BCUT2D eigenvalue weighted by molar-refractivity contribution is 6.30. The van der Waals surface area contributed by atoms with E-state index in [0.29, 0.717) is 11.5 Å². The van der Waals surface area contributed by atoms with E-state index in [1.807, 2.05) is 36.4 Å². The predicted octanol–water partition coefficient (Wildman–Crippen LogP) is 5.73. The van der Waals surface area contributed by atoms with Crippen molar-refractivity contribution in [2.45, 2.75) is 63.8 Å². The lowest BCUT2D eigenvalue weighted by Crippen LogP contribution is -2.34. The number of halogens is 1. The Morgan fingerprint density at radius 1 is 1.17 bits per heavy atom. The Morgan fingerprint density at radius 3 is 2.69 bits per heavy atom. The Labute approximate surface area is 180 Å². The van der Waals surface area contributed by atoms with Crippen molar-refractivity contribution in [2.24, 2.45) is 23.3 Å². The number of rotatable bonds is 9. The van der Waals surface area contributed by atoms with Crippen molar-refractivity contribution in [2.75, 3.05) is 0 Å². The summed E-state index contributed by atoms with van der Waals surface area (Å²) in [5.41, 5.74) is 13.7. The molecule has 0 radical (unpaired) electrons. The van der Waals surface area contributed by atoms with Gasteiger partial charge in [-0.25, -0.2) is 0 Å². The van der Waals surface area contributed by atoms with E-state index in [1.54, 1.807) is 6.20 Å². The van der Waals surface area contributed by atoms with E-state index in [1.165, 1.54) is 5.56 Å². The van der Waals surface area contributed by atoms with Crippen molar-refractivity contribution in [1.29, 1.82) is 0 Å². The number of Topliss-reactive ketones (excluding diaryl/α,β-unsaturated/α-hetero) is 1. The predicted molar refractivity (Wildman–Crippen MR) is 124 cm³/mol. The number of ketones is 1. The van der Waals surface area contributed by atoms with Crippen LogP contribution in [0.2, 0.25) is 5.02 Å². The van der Waals surface area contributed by atoms with Crippen molar-refractivity contribution in [3.05, 3.63) is 71.4 Å². The molecule has 3 unspecified atom stereocenters. The van der Waals surface area contributed by atoms with E-state index >= 15 is 0 Å². The van der Waals surface area contributed by atoms with Gasteiger partial charge in [0.05, 0.1) is 0 Å². The Hall–Kier alpha value is -1.84.